The van der Waals surface area contributed by atoms with Gasteiger partial charge in [0.25, 0.3) is 0 Å². The quantitative estimate of drug-likeness (QED) is 0.758. The Labute approximate surface area is 108 Å². The minimum atomic E-state index is -0.185. The van der Waals surface area contributed by atoms with Crippen LogP contribution in [-0.2, 0) is 9.59 Å². The number of piperidine rings is 1. The summed E-state index contributed by atoms with van der Waals surface area (Å²) < 4.78 is 0. The normalized spacial score (nSPS) is 25.4. The summed E-state index contributed by atoms with van der Waals surface area (Å²) in [5, 5.41) is 5.90. The van der Waals surface area contributed by atoms with Gasteiger partial charge in [-0.2, -0.15) is 0 Å². The molecule has 5 heteroatoms. The van der Waals surface area contributed by atoms with Crippen LogP contribution in [0.15, 0.2) is 0 Å². The first-order chi connectivity index (χ1) is 8.77. The van der Waals surface area contributed by atoms with Gasteiger partial charge < -0.3 is 10.2 Å². The monoisotopic (exact) mass is 253 g/mol. The third-order valence-electron chi connectivity index (χ3n) is 3.74. The molecule has 0 aliphatic carbocycles. The molecule has 0 aromatic heterocycles. The SMILES string of the molecule is O=C1NCCCC1NCC(=O)N1CCCCCC1. The van der Waals surface area contributed by atoms with Gasteiger partial charge in [-0.1, -0.05) is 12.8 Å². The molecule has 2 N–H and O–H groups in total. The summed E-state index contributed by atoms with van der Waals surface area (Å²) in [6.07, 6.45) is 6.48. The Kier molecular flexibility index (Phi) is 4.99. The van der Waals surface area contributed by atoms with Crippen LogP contribution >= 0.6 is 0 Å². The molecule has 18 heavy (non-hydrogen) atoms. The summed E-state index contributed by atoms with van der Waals surface area (Å²) in [6, 6.07) is -0.185. The molecule has 2 aliphatic rings. The highest BCUT2D eigenvalue weighted by Gasteiger charge is 2.23. The van der Waals surface area contributed by atoms with Crippen LogP contribution in [0.25, 0.3) is 0 Å². The third kappa shape index (κ3) is 3.70. The Morgan fingerprint density at radius 1 is 1.22 bits per heavy atom. The molecule has 0 spiro atoms. The van der Waals surface area contributed by atoms with Gasteiger partial charge in [0.05, 0.1) is 12.6 Å². The van der Waals surface area contributed by atoms with Crippen LogP contribution in [0.5, 0.6) is 0 Å². The summed E-state index contributed by atoms with van der Waals surface area (Å²) in [7, 11) is 0. The van der Waals surface area contributed by atoms with Crippen molar-refractivity contribution in [1.29, 1.82) is 0 Å². The van der Waals surface area contributed by atoms with E-state index in [1.54, 1.807) is 0 Å². The topological polar surface area (TPSA) is 61.4 Å². The Hall–Kier alpha value is -1.10. The lowest BCUT2D eigenvalue weighted by Gasteiger charge is -2.25. The number of rotatable bonds is 3. The average molecular weight is 253 g/mol. The van der Waals surface area contributed by atoms with Crippen LogP contribution in [0, 0.1) is 0 Å². The van der Waals surface area contributed by atoms with Gasteiger partial charge in [0.15, 0.2) is 0 Å². The van der Waals surface area contributed by atoms with Crippen LogP contribution in [-0.4, -0.2) is 48.9 Å². The lowest BCUT2D eigenvalue weighted by atomic mass is 10.1. The van der Waals surface area contributed by atoms with Crippen molar-refractivity contribution in [3.63, 3.8) is 0 Å². The molecule has 0 aromatic rings. The van der Waals surface area contributed by atoms with E-state index in [1.165, 1.54) is 12.8 Å². The van der Waals surface area contributed by atoms with E-state index in [9.17, 15) is 9.59 Å². The number of hydrogen-bond donors (Lipinski definition) is 2. The van der Waals surface area contributed by atoms with Crippen LogP contribution in [0.1, 0.15) is 38.5 Å². The number of likely N-dealkylation sites (tertiary alicyclic amines) is 1. The van der Waals surface area contributed by atoms with Crippen molar-refractivity contribution in [2.24, 2.45) is 0 Å². The number of amides is 2. The lowest BCUT2D eigenvalue weighted by Crippen LogP contribution is -2.51. The predicted octanol–water partition coefficient (Wildman–Crippen LogP) is 0.257. The number of carbonyl (C=O) groups is 2. The fourth-order valence-corrected chi connectivity index (χ4v) is 2.61. The van der Waals surface area contributed by atoms with Crippen molar-refractivity contribution >= 4 is 11.8 Å². The van der Waals surface area contributed by atoms with Crippen molar-refractivity contribution < 1.29 is 9.59 Å². The van der Waals surface area contributed by atoms with Crippen molar-refractivity contribution in [3.05, 3.63) is 0 Å². The highest BCUT2D eigenvalue weighted by Crippen LogP contribution is 2.09. The van der Waals surface area contributed by atoms with E-state index in [1.807, 2.05) is 4.90 Å². The van der Waals surface area contributed by atoms with Gasteiger partial charge in [-0.25, -0.2) is 0 Å². The van der Waals surface area contributed by atoms with Gasteiger partial charge in [-0.3, -0.25) is 14.9 Å². The highest BCUT2D eigenvalue weighted by molar-refractivity contribution is 5.84. The molecular formula is C13H23N3O2. The van der Waals surface area contributed by atoms with Crippen LogP contribution in [0.4, 0.5) is 0 Å². The molecule has 2 rings (SSSR count). The van der Waals surface area contributed by atoms with Gasteiger partial charge in [0.1, 0.15) is 0 Å². The van der Waals surface area contributed by atoms with Gasteiger partial charge in [-0.05, 0) is 25.7 Å². The second-order valence-electron chi connectivity index (χ2n) is 5.16. The second-order valence-corrected chi connectivity index (χ2v) is 5.16. The number of hydrogen-bond acceptors (Lipinski definition) is 3. The highest BCUT2D eigenvalue weighted by atomic mass is 16.2. The molecule has 0 aromatic carbocycles. The van der Waals surface area contributed by atoms with Gasteiger partial charge in [0.2, 0.25) is 11.8 Å². The summed E-state index contributed by atoms with van der Waals surface area (Å²) in [5.74, 6) is 0.167. The first kappa shape index (κ1) is 13.3. The molecular weight excluding hydrogens is 230 g/mol. The van der Waals surface area contributed by atoms with E-state index >= 15 is 0 Å². The molecule has 0 saturated carbocycles. The van der Waals surface area contributed by atoms with Crippen LogP contribution in [0.3, 0.4) is 0 Å². The van der Waals surface area contributed by atoms with E-state index in [0.717, 1.165) is 45.3 Å². The molecule has 2 heterocycles. The molecule has 2 fully saturated rings. The fraction of sp³-hybridized carbons (Fsp3) is 0.846. The summed E-state index contributed by atoms with van der Waals surface area (Å²) in [4.78, 5) is 25.5. The fourth-order valence-electron chi connectivity index (χ4n) is 2.61. The standard InChI is InChI=1S/C13H23N3O2/c17-12(16-8-3-1-2-4-9-16)10-15-11-6-5-7-14-13(11)18/h11,15H,1-10H2,(H,14,18). The summed E-state index contributed by atoms with van der Waals surface area (Å²) in [6.45, 7) is 2.80. The maximum Gasteiger partial charge on any atom is 0.237 e. The molecule has 5 nitrogen and oxygen atoms in total. The molecule has 0 bridgehead atoms. The van der Waals surface area contributed by atoms with Crippen LogP contribution < -0.4 is 10.6 Å². The van der Waals surface area contributed by atoms with Crippen molar-refractivity contribution in [1.82, 2.24) is 15.5 Å². The number of nitrogens with one attached hydrogen (secondary N) is 2. The first-order valence-corrected chi connectivity index (χ1v) is 7.06. The van der Waals surface area contributed by atoms with E-state index < -0.39 is 0 Å². The van der Waals surface area contributed by atoms with Gasteiger partial charge >= 0.3 is 0 Å². The number of nitrogens with zero attached hydrogens (tertiary/aromatic N) is 1. The van der Waals surface area contributed by atoms with Gasteiger partial charge in [0, 0.05) is 19.6 Å². The maximum absolute atomic E-state index is 12.0. The van der Waals surface area contributed by atoms with Crippen molar-refractivity contribution in [3.8, 4) is 0 Å². The lowest BCUT2D eigenvalue weighted by molar-refractivity contribution is -0.130. The Bertz CT molecular complexity index is 299. The van der Waals surface area contributed by atoms with Gasteiger partial charge in [-0.15, -0.1) is 0 Å². The Morgan fingerprint density at radius 3 is 2.61 bits per heavy atom. The summed E-state index contributed by atoms with van der Waals surface area (Å²) in [5.41, 5.74) is 0. The number of carbonyl (C=O) groups excluding carboxylic acids is 2. The van der Waals surface area contributed by atoms with E-state index in [0.29, 0.717) is 0 Å². The Morgan fingerprint density at radius 2 is 1.94 bits per heavy atom. The predicted molar refractivity (Wildman–Crippen MR) is 69.1 cm³/mol. The molecule has 2 amide bonds. The molecule has 1 atom stereocenters. The molecule has 0 radical (unpaired) electrons. The van der Waals surface area contributed by atoms with Crippen molar-refractivity contribution in [2.75, 3.05) is 26.2 Å². The average Bonchev–Trinajstić information content (AvgIpc) is 2.66. The molecule has 1 unspecified atom stereocenters. The van der Waals surface area contributed by atoms with Crippen molar-refractivity contribution in [2.45, 2.75) is 44.6 Å². The zero-order valence-corrected chi connectivity index (χ0v) is 10.9. The zero-order chi connectivity index (χ0) is 12.8. The minimum Gasteiger partial charge on any atom is -0.355 e. The van der Waals surface area contributed by atoms with E-state index in [2.05, 4.69) is 10.6 Å². The zero-order valence-electron chi connectivity index (χ0n) is 10.9. The Balaban J connectivity index is 1.74. The molecule has 2 aliphatic heterocycles. The minimum absolute atomic E-state index is 0.0323. The smallest absolute Gasteiger partial charge is 0.237 e. The molecule has 2 saturated heterocycles. The largest absolute Gasteiger partial charge is 0.355 e. The maximum atomic E-state index is 12.0. The van der Waals surface area contributed by atoms with E-state index in [4.69, 9.17) is 0 Å². The third-order valence-corrected chi connectivity index (χ3v) is 3.74. The van der Waals surface area contributed by atoms with E-state index in [-0.39, 0.29) is 24.4 Å². The van der Waals surface area contributed by atoms with Crippen LogP contribution in [0.2, 0.25) is 0 Å². The second kappa shape index (κ2) is 6.73. The summed E-state index contributed by atoms with van der Waals surface area (Å²) >= 11 is 0. The first-order valence-electron chi connectivity index (χ1n) is 7.06. The molecule has 102 valence electrons.